The lowest BCUT2D eigenvalue weighted by molar-refractivity contribution is 0.0744. The van der Waals surface area contributed by atoms with E-state index in [1.54, 1.807) is 11.3 Å². The Hall–Kier alpha value is -3.32. The van der Waals surface area contributed by atoms with Crippen molar-refractivity contribution in [2.75, 3.05) is 44.3 Å². The fraction of sp³-hybridized carbons (Fsp3) is 0.308. The van der Waals surface area contributed by atoms with E-state index in [-0.39, 0.29) is 5.91 Å². The molecule has 0 spiro atoms. The van der Waals surface area contributed by atoms with Gasteiger partial charge < -0.3 is 19.3 Å². The molecule has 0 atom stereocenters. The van der Waals surface area contributed by atoms with Gasteiger partial charge in [-0.25, -0.2) is 4.98 Å². The number of fused-ring (bicyclic) bond motifs is 2. The lowest BCUT2D eigenvalue weighted by Gasteiger charge is -2.35. The number of benzene rings is 3. The second-order valence-electron chi connectivity index (χ2n) is 7.93. The van der Waals surface area contributed by atoms with Gasteiger partial charge in [0.05, 0.1) is 29.0 Å². The van der Waals surface area contributed by atoms with E-state index < -0.39 is 0 Å². The average Bonchev–Trinajstić information content (AvgIpc) is 3.27. The first-order valence-corrected chi connectivity index (χ1v) is 12.2. The highest BCUT2D eigenvalue weighted by atomic mass is 32.1. The van der Waals surface area contributed by atoms with Crippen molar-refractivity contribution < 1.29 is 14.3 Å². The lowest BCUT2D eigenvalue weighted by atomic mass is 10.0. The molecule has 33 heavy (non-hydrogen) atoms. The SMILES string of the molecule is CCOc1ccc2nc(N3CCN(C(=O)c4c(OCC)ccc5ccccc45)CC3)sc2c1. The Morgan fingerprint density at radius 2 is 1.76 bits per heavy atom. The predicted molar refractivity (Wildman–Crippen MR) is 134 cm³/mol. The number of piperazine rings is 1. The minimum atomic E-state index is 0.0283. The third kappa shape index (κ3) is 4.20. The number of aromatic nitrogens is 1. The Labute approximate surface area is 197 Å². The van der Waals surface area contributed by atoms with Crippen molar-refractivity contribution in [1.82, 2.24) is 9.88 Å². The molecule has 1 aromatic heterocycles. The molecule has 2 heterocycles. The van der Waals surface area contributed by atoms with Crippen LogP contribution in [0.25, 0.3) is 21.0 Å². The van der Waals surface area contributed by atoms with E-state index in [2.05, 4.69) is 11.0 Å². The number of anilines is 1. The lowest BCUT2D eigenvalue weighted by Crippen LogP contribution is -2.48. The number of hydrogen-bond acceptors (Lipinski definition) is 6. The maximum Gasteiger partial charge on any atom is 0.258 e. The number of nitrogens with zero attached hydrogens (tertiary/aromatic N) is 3. The number of ether oxygens (including phenoxy) is 2. The van der Waals surface area contributed by atoms with Crippen LogP contribution < -0.4 is 14.4 Å². The molecule has 0 N–H and O–H groups in total. The predicted octanol–water partition coefficient (Wildman–Crippen LogP) is 5.21. The van der Waals surface area contributed by atoms with Gasteiger partial charge in [-0.05, 0) is 48.9 Å². The maximum absolute atomic E-state index is 13.6. The third-order valence-corrected chi connectivity index (χ3v) is 6.98. The van der Waals surface area contributed by atoms with Crippen LogP contribution in [-0.4, -0.2) is 55.2 Å². The number of carbonyl (C=O) groups is 1. The van der Waals surface area contributed by atoms with Crippen LogP contribution in [0.2, 0.25) is 0 Å². The van der Waals surface area contributed by atoms with Gasteiger partial charge in [0.2, 0.25) is 0 Å². The monoisotopic (exact) mass is 461 g/mol. The minimum Gasteiger partial charge on any atom is -0.494 e. The number of carbonyl (C=O) groups excluding carboxylic acids is 1. The van der Waals surface area contributed by atoms with Crippen LogP contribution in [0.4, 0.5) is 5.13 Å². The zero-order valence-corrected chi connectivity index (χ0v) is 19.7. The van der Waals surface area contributed by atoms with Crippen LogP contribution >= 0.6 is 11.3 Å². The zero-order valence-electron chi connectivity index (χ0n) is 18.9. The number of thiazole rings is 1. The second-order valence-corrected chi connectivity index (χ2v) is 8.94. The zero-order chi connectivity index (χ0) is 22.8. The largest absolute Gasteiger partial charge is 0.494 e. The fourth-order valence-electron chi connectivity index (χ4n) is 4.29. The van der Waals surface area contributed by atoms with Gasteiger partial charge in [-0.2, -0.15) is 0 Å². The molecule has 1 fully saturated rings. The van der Waals surface area contributed by atoms with Crippen molar-refractivity contribution in [3.05, 3.63) is 60.2 Å². The van der Waals surface area contributed by atoms with E-state index in [4.69, 9.17) is 14.5 Å². The quantitative estimate of drug-likeness (QED) is 0.395. The van der Waals surface area contributed by atoms with Crippen LogP contribution in [0.1, 0.15) is 24.2 Å². The summed E-state index contributed by atoms with van der Waals surface area (Å²) >= 11 is 1.67. The van der Waals surface area contributed by atoms with Crippen LogP contribution in [0, 0.1) is 0 Å². The molecule has 0 aliphatic carbocycles. The summed E-state index contributed by atoms with van der Waals surface area (Å²) < 4.78 is 12.6. The first-order chi connectivity index (χ1) is 16.2. The molecule has 0 bridgehead atoms. The highest BCUT2D eigenvalue weighted by Crippen LogP contribution is 2.33. The molecule has 0 unspecified atom stereocenters. The first kappa shape index (κ1) is 21.5. The molecule has 6 nitrogen and oxygen atoms in total. The normalized spacial score (nSPS) is 14.1. The fourth-order valence-corrected chi connectivity index (χ4v) is 5.34. The Balaban J connectivity index is 1.35. The van der Waals surface area contributed by atoms with Gasteiger partial charge in [0.1, 0.15) is 11.5 Å². The topological polar surface area (TPSA) is 54.9 Å². The molecular weight excluding hydrogens is 434 g/mol. The van der Waals surface area contributed by atoms with Gasteiger partial charge in [-0.3, -0.25) is 4.79 Å². The molecule has 0 radical (unpaired) electrons. The van der Waals surface area contributed by atoms with E-state index in [9.17, 15) is 4.79 Å². The van der Waals surface area contributed by atoms with Crippen molar-refractivity contribution >= 4 is 43.4 Å². The summed E-state index contributed by atoms with van der Waals surface area (Å²) in [6.07, 6.45) is 0. The molecule has 0 saturated carbocycles. The number of amides is 1. The van der Waals surface area contributed by atoms with Gasteiger partial charge in [0.15, 0.2) is 5.13 Å². The van der Waals surface area contributed by atoms with Crippen LogP contribution in [0.3, 0.4) is 0 Å². The van der Waals surface area contributed by atoms with Crippen molar-refractivity contribution in [2.45, 2.75) is 13.8 Å². The van der Waals surface area contributed by atoms with E-state index in [0.717, 1.165) is 45.0 Å². The van der Waals surface area contributed by atoms with Crippen molar-refractivity contribution in [3.8, 4) is 11.5 Å². The Morgan fingerprint density at radius 3 is 2.55 bits per heavy atom. The summed E-state index contributed by atoms with van der Waals surface area (Å²) in [5.41, 5.74) is 1.64. The standard InChI is InChI=1S/C26H27N3O3S/c1-3-31-19-10-11-21-23(17-19)33-26(27-21)29-15-13-28(14-16-29)25(30)24-20-8-6-5-7-18(20)9-12-22(24)32-4-2/h5-12,17H,3-4,13-16H2,1-2H3. The molecular formula is C26H27N3O3S. The first-order valence-electron chi connectivity index (χ1n) is 11.4. The summed E-state index contributed by atoms with van der Waals surface area (Å²) in [5.74, 6) is 1.55. The highest BCUT2D eigenvalue weighted by molar-refractivity contribution is 7.22. The molecule has 5 rings (SSSR count). The molecule has 1 aliphatic rings. The minimum absolute atomic E-state index is 0.0283. The maximum atomic E-state index is 13.6. The second kappa shape index (κ2) is 9.27. The van der Waals surface area contributed by atoms with Crippen LogP contribution in [0.5, 0.6) is 11.5 Å². The Bertz CT molecular complexity index is 1290. The van der Waals surface area contributed by atoms with Gasteiger partial charge in [0, 0.05) is 26.2 Å². The van der Waals surface area contributed by atoms with E-state index in [0.29, 0.717) is 37.6 Å². The van der Waals surface area contributed by atoms with Gasteiger partial charge >= 0.3 is 0 Å². The van der Waals surface area contributed by atoms with E-state index in [1.165, 1.54) is 0 Å². The smallest absolute Gasteiger partial charge is 0.258 e. The van der Waals surface area contributed by atoms with E-state index >= 15 is 0 Å². The van der Waals surface area contributed by atoms with Gasteiger partial charge in [-0.1, -0.05) is 41.7 Å². The summed E-state index contributed by atoms with van der Waals surface area (Å²) in [6, 6.07) is 17.9. The van der Waals surface area contributed by atoms with E-state index in [1.807, 2.05) is 67.3 Å². The molecule has 4 aromatic rings. The summed E-state index contributed by atoms with van der Waals surface area (Å²) in [7, 11) is 0. The highest BCUT2D eigenvalue weighted by Gasteiger charge is 2.27. The number of rotatable bonds is 6. The van der Waals surface area contributed by atoms with Crippen LogP contribution in [0.15, 0.2) is 54.6 Å². The Kier molecular flexibility index (Phi) is 6.05. The molecule has 3 aromatic carbocycles. The molecule has 1 aliphatic heterocycles. The Morgan fingerprint density at radius 1 is 0.970 bits per heavy atom. The van der Waals surface area contributed by atoms with Crippen LogP contribution in [-0.2, 0) is 0 Å². The van der Waals surface area contributed by atoms with Gasteiger partial charge in [0.25, 0.3) is 5.91 Å². The third-order valence-electron chi connectivity index (χ3n) is 5.90. The molecule has 170 valence electrons. The molecule has 1 saturated heterocycles. The average molecular weight is 462 g/mol. The van der Waals surface area contributed by atoms with Gasteiger partial charge in [-0.15, -0.1) is 0 Å². The molecule has 7 heteroatoms. The molecule has 1 amide bonds. The van der Waals surface area contributed by atoms with Crippen molar-refractivity contribution in [3.63, 3.8) is 0 Å². The van der Waals surface area contributed by atoms with Crippen molar-refractivity contribution in [1.29, 1.82) is 0 Å². The number of hydrogen-bond donors (Lipinski definition) is 0. The van der Waals surface area contributed by atoms with Crippen molar-refractivity contribution in [2.24, 2.45) is 0 Å². The summed E-state index contributed by atoms with van der Waals surface area (Å²) in [5, 5.41) is 2.97. The summed E-state index contributed by atoms with van der Waals surface area (Å²) in [6.45, 7) is 7.89. The summed E-state index contributed by atoms with van der Waals surface area (Å²) in [4.78, 5) is 22.6.